The van der Waals surface area contributed by atoms with Crippen LogP contribution in [0.15, 0.2) is 54.7 Å². The molecule has 2 aromatic heterocycles. The monoisotopic (exact) mass is 440 g/mol. The Kier molecular flexibility index (Phi) is 5.14. The van der Waals surface area contributed by atoms with Gasteiger partial charge in [-0.3, -0.25) is 5.10 Å². The van der Waals surface area contributed by atoms with Crippen LogP contribution < -0.4 is 10.2 Å². The van der Waals surface area contributed by atoms with E-state index < -0.39 is 11.7 Å². The number of aromatic amines is 1. The van der Waals surface area contributed by atoms with Crippen LogP contribution in [0.1, 0.15) is 5.56 Å². The Balaban J connectivity index is 1.46. The number of alkyl halides is 3. The van der Waals surface area contributed by atoms with E-state index in [9.17, 15) is 13.2 Å². The van der Waals surface area contributed by atoms with Crippen LogP contribution in [0.3, 0.4) is 0 Å². The molecule has 0 aliphatic carbocycles. The third-order valence-electron chi connectivity index (χ3n) is 5.25. The fourth-order valence-electron chi connectivity index (χ4n) is 3.61. The minimum absolute atomic E-state index is 0.178. The summed E-state index contributed by atoms with van der Waals surface area (Å²) in [6.07, 6.45) is -2.93. The molecule has 3 heterocycles. The Labute approximate surface area is 181 Å². The van der Waals surface area contributed by atoms with E-state index in [1.807, 2.05) is 24.3 Å². The maximum absolute atomic E-state index is 13.1. The number of halogens is 3. The summed E-state index contributed by atoms with van der Waals surface area (Å²) in [5.41, 5.74) is 2.47. The van der Waals surface area contributed by atoms with E-state index in [1.54, 1.807) is 6.07 Å². The molecule has 2 N–H and O–H groups in total. The van der Waals surface area contributed by atoms with Gasteiger partial charge in [0.1, 0.15) is 11.0 Å². The summed E-state index contributed by atoms with van der Waals surface area (Å²) in [6.45, 7) is 3.09. The highest BCUT2D eigenvalue weighted by atomic mass is 19.4. The molecule has 0 radical (unpaired) electrons. The quantitative estimate of drug-likeness (QED) is 0.482. The first-order valence-electron chi connectivity index (χ1n) is 10.1. The highest BCUT2D eigenvalue weighted by Gasteiger charge is 2.30. The average Bonchev–Trinajstić information content (AvgIpc) is 3.29. The number of H-pyrrole nitrogens is 1. The number of fused-ring (bicyclic) bond motifs is 1. The molecule has 0 unspecified atom stereocenters. The van der Waals surface area contributed by atoms with E-state index in [2.05, 4.69) is 30.4 Å². The number of ether oxygens (including phenoxy) is 1. The van der Waals surface area contributed by atoms with Crippen LogP contribution in [0.25, 0.3) is 22.4 Å². The van der Waals surface area contributed by atoms with Crippen molar-refractivity contribution in [3.63, 3.8) is 0 Å². The number of nitrogens with one attached hydrogen (secondary N) is 2. The number of hydrogen-bond acceptors (Lipinski definition) is 6. The van der Waals surface area contributed by atoms with E-state index in [4.69, 9.17) is 4.74 Å². The van der Waals surface area contributed by atoms with Gasteiger partial charge >= 0.3 is 6.18 Å². The number of rotatable bonds is 4. The van der Waals surface area contributed by atoms with Crippen LogP contribution in [0.4, 0.5) is 30.4 Å². The second-order valence-corrected chi connectivity index (χ2v) is 7.38. The predicted octanol–water partition coefficient (Wildman–Crippen LogP) is 4.62. The highest BCUT2D eigenvalue weighted by molar-refractivity contribution is 5.88. The molecule has 1 aliphatic heterocycles. The van der Waals surface area contributed by atoms with Gasteiger partial charge in [-0.05, 0) is 36.4 Å². The molecule has 1 aliphatic rings. The summed E-state index contributed by atoms with van der Waals surface area (Å²) >= 11 is 0. The first-order chi connectivity index (χ1) is 15.5. The molecule has 32 heavy (non-hydrogen) atoms. The lowest BCUT2D eigenvalue weighted by Gasteiger charge is -2.28. The fourth-order valence-corrected chi connectivity index (χ4v) is 3.61. The minimum atomic E-state index is -4.45. The molecular formula is C22H19F3N6O. The maximum Gasteiger partial charge on any atom is 0.416 e. The second kappa shape index (κ2) is 8.12. The van der Waals surface area contributed by atoms with Crippen molar-refractivity contribution in [1.82, 2.24) is 20.2 Å². The highest BCUT2D eigenvalue weighted by Crippen LogP contribution is 2.33. The molecule has 1 saturated heterocycles. The van der Waals surface area contributed by atoms with Gasteiger partial charge in [0.15, 0.2) is 11.6 Å². The SMILES string of the molecule is FC(F)(F)c1cccc(-c2nc(Nc3ccc(N4CCOCC4)cc3)c3[nH]ncc3n2)c1. The number of benzene rings is 2. The van der Waals surface area contributed by atoms with E-state index >= 15 is 0 Å². The topological polar surface area (TPSA) is 79.0 Å². The molecule has 1 fully saturated rings. The molecule has 0 atom stereocenters. The van der Waals surface area contributed by atoms with Gasteiger partial charge in [-0.25, -0.2) is 9.97 Å². The van der Waals surface area contributed by atoms with Gasteiger partial charge in [0.25, 0.3) is 0 Å². The first kappa shape index (κ1) is 20.3. The van der Waals surface area contributed by atoms with Gasteiger partial charge in [0.05, 0.1) is 25.0 Å². The summed E-state index contributed by atoms with van der Waals surface area (Å²) in [4.78, 5) is 11.1. The van der Waals surface area contributed by atoms with E-state index in [0.29, 0.717) is 30.1 Å². The Hall–Kier alpha value is -3.66. The van der Waals surface area contributed by atoms with Crippen LogP contribution in [0, 0.1) is 0 Å². The van der Waals surface area contributed by atoms with Crippen molar-refractivity contribution in [2.45, 2.75) is 6.18 Å². The zero-order valence-electron chi connectivity index (χ0n) is 16.9. The molecule has 2 aromatic carbocycles. The van der Waals surface area contributed by atoms with Crippen LogP contribution in [-0.2, 0) is 10.9 Å². The molecule has 0 bridgehead atoms. The lowest BCUT2D eigenvalue weighted by Crippen LogP contribution is -2.36. The van der Waals surface area contributed by atoms with Crippen molar-refractivity contribution in [2.75, 3.05) is 36.5 Å². The molecule has 164 valence electrons. The van der Waals surface area contributed by atoms with Crippen molar-refractivity contribution < 1.29 is 17.9 Å². The van der Waals surface area contributed by atoms with Gasteiger partial charge in [-0.1, -0.05) is 12.1 Å². The number of morpholine rings is 1. The summed E-state index contributed by atoms with van der Waals surface area (Å²) in [7, 11) is 0. The van der Waals surface area contributed by atoms with Gasteiger partial charge in [0, 0.05) is 30.0 Å². The smallest absolute Gasteiger partial charge is 0.378 e. The predicted molar refractivity (Wildman–Crippen MR) is 115 cm³/mol. The third-order valence-corrected chi connectivity index (χ3v) is 5.25. The Bertz CT molecular complexity index is 1230. The molecular weight excluding hydrogens is 421 g/mol. The lowest BCUT2D eigenvalue weighted by atomic mass is 10.1. The zero-order chi connectivity index (χ0) is 22.1. The first-order valence-corrected chi connectivity index (χ1v) is 10.1. The van der Waals surface area contributed by atoms with Gasteiger partial charge in [-0.15, -0.1) is 0 Å². The molecule has 4 aromatic rings. The third kappa shape index (κ3) is 4.09. The summed E-state index contributed by atoms with van der Waals surface area (Å²) in [6, 6.07) is 12.8. The normalized spacial score (nSPS) is 14.7. The molecule has 10 heteroatoms. The summed E-state index contributed by atoms with van der Waals surface area (Å²) < 4.78 is 44.8. The van der Waals surface area contributed by atoms with Crippen molar-refractivity contribution >= 4 is 28.2 Å². The molecule has 5 rings (SSSR count). The van der Waals surface area contributed by atoms with Crippen molar-refractivity contribution in [3.05, 3.63) is 60.3 Å². The van der Waals surface area contributed by atoms with Crippen LogP contribution in [0.2, 0.25) is 0 Å². The molecule has 0 saturated carbocycles. The number of hydrogen-bond donors (Lipinski definition) is 2. The Morgan fingerprint density at radius 3 is 2.53 bits per heavy atom. The van der Waals surface area contributed by atoms with E-state index in [-0.39, 0.29) is 11.4 Å². The fraction of sp³-hybridized carbons (Fsp3) is 0.227. The lowest BCUT2D eigenvalue weighted by molar-refractivity contribution is -0.137. The van der Waals surface area contributed by atoms with Crippen LogP contribution in [0.5, 0.6) is 0 Å². The van der Waals surface area contributed by atoms with Gasteiger partial charge in [0.2, 0.25) is 0 Å². The van der Waals surface area contributed by atoms with E-state index in [1.165, 1.54) is 12.3 Å². The molecule has 0 spiro atoms. The minimum Gasteiger partial charge on any atom is -0.378 e. The molecule has 0 amide bonds. The van der Waals surface area contributed by atoms with Crippen molar-refractivity contribution in [1.29, 1.82) is 0 Å². The van der Waals surface area contributed by atoms with Gasteiger partial charge in [-0.2, -0.15) is 18.3 Å². The Morgan fingerprint density at radius 1 is 1.00 bits per heavy atom. The summed E-state index contributed by atoms with van der Waals surface area (Å²) in [5.74, 6) is 0.608. The standard InChI is InChI=1S/C22H19F3N6O/c23-22(24,25)15-3-1-2-14(12-15)20-28-18-13-26-30-19(18)21(29-20)27-16-4-6-17(7-5-16)31-8-10-32-11-9-31/h1-7,12-13H,8-11H2,(H,26,30)(H,27,28,29). The van der Waals surface area contributed by atoms with Gasteiger partial charge < -0.3 is 15.0 Å². The van der Waals surface area contributed by atoms with Crippen LogP contribution >= 0.6 is 0 Å². The average molecular weight is 440 g/mol. The number of aromatic nitrogens is 4. The number of anilines is 3. The maximum atomic E-state index is 13.1. The van der Waals surface area contributed by atoms with Crippen LogP contribution in [-0.4, -0.2) is 46.5 Å². The second-order valence-electron chi connectivity index (χ2n) is 7.38. The largest absolute Gasteiger partial charge is 0.416 e. The Morgan fingerprint density at radius 2 is 1.78 bits per heavy atom. The molecule has 7 nitrogen and oxygen atoms in total. The van der Waals surface area contributed by atoms with Crippen molar-refractivity contribution in [3.8, 4) is 11.4 Å². The van der Waals surface area contributed by atoms with E-state index in [0.717, 1.165) is 36.6 Å². The van der Waals surface area contributed by atoms with Crippen molar-refractivity contribution in [2.24, 2.45) is 0 Å². The zero-order valence-corrected chi connectivity index (χ0v) is 16.9. The summed E-state index contributed by atoms with van der Waals surface area (Å²) in [5, 5.41) is 10.1. The number of nitrogens with zero attached hydrogens (tertiary/aromatic N) is 4.